The molecule has 4 rings (SSSR count). The molecule has 0 bridgehead atoms. The molecule has 7 heteroatoms. The van der Waals surface area contributed by atoms with Gasteiger partial charge in [0.05, 0.1) is 13.7 Å². The van der Waals surface area contributed by atoms with E-state index in [2.05, 4.69) is 11.0 Å². The van der Waals surface area contributed by atoms with Crippen LogP contribution in [-0.4, -0.2) is 67.7 Å². The van der Waals surface area contributed by atoms with Crippen LogP contribution in [0.1, 0.15) is 17.5 Å². The molecule has 0 aliphatic carbocycles. The summed E-state index contributed by atoms with van der Waals surface area (Å²) in [6.07, 6.45) is 0.433. The Morgan fingerprint density at radius 3 is 2.83 bits per heavy atom. The van der Waals surface area contributed by atoms with Crippen molar-refractivity contribution in [2.24, 2.45) is 0 Å². The molecule has 0 spiro atoms. The number of para-hydroxylation sites is 1. The van der Waals surface area contributed by atoms with Gasteiger partial charge in [-0.15, -0.1) is 0 Å². The fourth-order valence-electron chi connectivity index (χ4n) is 3.83. The lowest BCUT2D eigenvalue weighted by atomic mass is 10.2. The maximum Gasteiger partial charge on any atom is 0.161 e. The zero-order valence-corrected chi connectivity index (χ0v) is 17.5. The molecule has 2 aliphatic rings. The van der Waals surface area contributed by atoms with E-state index in [0.29, 0.717) is 31.2 Å². The van der Waals surface area contributed by atoms with Gasteiger partial charge < -0.3 is 19.3 Å². The van der Waals surface area contributed by atoms with Crippen LogP contribution in [0.4, 0.5) is 0 Å². The molecule has 1 N–H and O–H groups in total. The van der Waals surface area contributed by atoms with Gasteiger partial charge in [-0.3, -0.25) is 9.74 Å². The van der Waals surface area contributed by atoms with Gasteiger partial charge >= 0.3 is 0 Å². The zero-order chi connectivity index (χ0) is 20.8. The molecular weight excluding hydrogens is 384 g/mol. The second kappa shape index (κ2) is 10.1. The Morgan fingerprint density at radius 1 is 1.10 bits per heavy atom. The van der Waals surface area contributed by atoms with Gasteiger partial charge in [0, 0.05) is 38.3 Å². The molecule has 1 atom stereocenters. The average molecular weight is 415 g/mol. The highest BCUT2D eigenvalue weighted by Crippen LogP contribution is 2.29. The lowest BCUT2D eigenvalue weighted by molar-refractivity contribution is -0.117. The van der Waals surface area contributed by atoms with Crippen molar-refractivity contribution in [3.05, 3.63) is 53.6 Å². The summed E-state index contributed by atoms with van der Waals surface area (Å²) in [6.45, 7) is 5.25. The van der Waals surface area contributed by atoms with Gasteiger partial charge in [0.2, 0.25) is 0 Å². The van der Waals surface area contributed by atoms with Crippen LogP contribution in [0.2, 0.25) is 0 Å². The van der Waals surface area contributed by atoms with Gasteiger partial charge in [-0.05, 0) is 30.2 Å². The summed E-state index contributed by atoms with van der Waals surface area (Å²) in [5.74, 6) is 2.22. The highest BCUT2D eigenvalue weighted by atomic mass is 16.7. The lowest BCUT2D eigenvalue weighted by Gasteiger charge is -2.23. The van der Waals surface area contributed by atoms with Gasteiger partial charge in [-0.1, -0.05) is 24.3 Å². The second-order valence-corrected chi connectivity index (χ2v) is 7.69. The van der Waals surface area contributed by atoms with E-state index < -0.39 is 6.10 Å². The lowest BCUT2D eigenvalue weighted by Crippen LogP contribution is -2.36. The number of methoxy groups -OCH3 is 1. The number of hydrogen-bond donors (Lipinski definition) is 1. The molecule has 0 radical (unpaired) electrons. The van der Waals surface area contributed by atoms with Crippen LogP contribution in [0.5, 0.6) is 17.2 Å². The van der Waals surface area contributed by atoms with E-state index in [1.807, 2.05) is 41.5 Å². The summed E-state index contributed by atoms with van der Waals surface area (Å²) < 4.78 is 17.2. The van der Waals surface area contributed by atoms with Crippen molar-refractivity contribution in [3.63, 3.8) is 0 Å². The molecule has 1 unspecified atom stereocenters. The highest BCUT2D eigenvalue weighted by molar-refractivity contribution is 5.43. The number of fused-ring (bicyclic) bond motifs is 1. The normalized spacial score (nSPS) is 18.3. The van der Waals surface area contributed by atoms with E-state index >= 15 is 0 Å². The summed E-state index contributed by atoms with van der Waals surface area (Å²) in [5.41, 5.74) is 2.23. The predicted octanol–water partition coefficient (Wildman–Crippen LogP) is 2.47. The minimum atomic E-state index is -0.620. The summed E-state index contributed by atoms with van der Waals surface area (Å²) in [5, 5.41) is 12.5. The van der Waals surface area contributed by atoms with E-state index in [4.69, 9.17) is 19.0 Å². The van der Waals surface area contributed by atoms with Gasteiger partial charge in [-0.25, -0.2) is 0 Å². The third-order valence-electron chi connectivity index (χ3n) is 5.34. The summed E-state index contributed by atoms with van der Waals surface area (Å²) in [6, 6.07) is 13.9. The summed E-state index contributed by atoms with van der Waals surface area (Å²) >= 11 is 0. The van der Waals surface area contributed by atoms with E-state index in [0.717, 1.165) is 49.5 Å². The number of benzene rings is 2. The molecule has 2 aliphatic heterocycles. The standard InChI is InChI=1S/C23H30N2O5/c1-27-22-8-7-18(14-25-9-4-11-30-25)13-23(22)29-17-20(26)16-24-10-12-28-21-6-3-2-5-19(21)15-24/h2-3,5-8,13,20,26H,4,9-12,14-17H2,1H3. The number of nitrogens with zero attached hydrogens (tertiary/aromatic N) is 2. The molecule has 2 heterocycles. The first-order chi connectivity index (χ1) is 14.7. The first kappa shape index (κ1) is 20.9. The molecule has 0 amide bonds. The van der Waals surface area contributed by atoms with Crippen molar-refractivity contribution in [1.82, 2.24) is 9.96 Å². The fourth-order valence-corrected chi connectivity index (χ4v) is 3.83. The molecule has 7 nitrogen and oxygen atoms in total. The summed E-state index contributed by atoms with van der Waals surface area (Å²) in [7, 11) is 1.62. The molecule has 30 heavy (non-hydrogen) atoms. The maximum absolute atomic E-state index is 10.6. The Labute approximate surface area is 177 Å². The van der Waals surface area contributed by atoms with Crippen molar-refractivity contribution in [1.29, 1.82) is 0 Å². The average Bonchev–Trinajstić information content (AvgIpc) is 3.18. The third-order valence-corrected chi connectivity index (χ3v) is 5.34. The number of hydroxylamine groups is 2. The highest BCUT2D eigenvalue weighted by Gasteiger charge is 2.19. The molecule has 2 aromatic rings. The second-order valence-electron chi connectivity index (χ2n) is 7.69. The first-order valence-electron chi connectivity index (χ1n) is 10.5. The Balaban J connectivity index is 1.33. The van der Waals surface area contributed by atoms with Crippen molar-refractivity contribution in [2.75, 3.05) is 46.6 Å². The van der Waals surface area contributed by atoms with E-state index in [9.17, 15) is 5.11 Å². The Kier molecular flexibility index (Phi) is 7.07. The number of aliphatic hydroxyl groups excluding tert-OH is 1. The quantitative estimate of drug-likeness (QED) is 0.712. The monoisotopic (exact) mass is 414 g/mol. The van der Waals surface area contributed by atoms with Crippen LogP contribution in [0, 0.1) is 0 Å². The van der Waals surface area contributed by atoms with Crippen LogP contribution in [0.15, 0.2) is 42.5 Å². The Hall–Kier alpha value is -2.32. The zero-order valence-electron chi connectivity index (χ0n) is 17.5. The number of hydrogen-bond acceptors (Lipinski definition) is 7. The van der Waals surface area contributed by atoms with Crippen LogP contribution < -0.4 is 14.2 Å². The van der Waals surface area contributed by atoms with Crippen molar-refractivity contribution in [2.45, 2.75) is 25.6 Å². The smallest absolute Gasteiger partial charge is 0.161 e. The third kappa shape index (κ3) is 5.43. The molecule has 2 aromatic carbocycles. The van der Waals surface area contributed by atoms with Crippen LogP contribution in [0.25, 0.3) is 0 Å². The number of β-amino-alcohol motifs (C(OH)–C–C–N with tert-alkyl or cyclic N) is 1. The van der Waals surface area contributed by atoms with Crippen LogP contribution in [0.3, 0.4) is 0 Å². The van der Waals surface area contributed by atoms with Gasteiger partial charge in [0.25, 0.3) is 0 Å². The SMILES string of the molecule is COc1ccc(CN2CCCO2)cc1OCC(O)CN1CCOc2ccccc2C1. The van der Waals surface area contributed by atoms with Crippen LogP contribution >= 0.6 is 0 Å². The number of rotatable bonds is 8. The van der Waals surface area contributed by atoms with Crippen molar-refractivity contribution >= 4 is 0 Å². The molecular formula is C23H30N2O5. The fraction of sp³-hybridized carbons (Fsp3) is 0.478. The topological polar surface area (TPSA) is 63.6 Å². The van der Waals surface area contributed by atoms with Gasteiger partial charge in [-0.2, -0.15) is 5.06 Å². The largest absolute Gasteiger partial charge is 0.493 e. The maximum atomic E-state index is 10.6. The predicted molar refractivity (Wildman–Crippen MR) is 113 cm³/mol. The molecule has 162 valence electrons. The first-order valence-corrected chi connectivity index (χ1v) is 10.5. The molecule has 1 fully saturated rings. The van der Waals surface area contributed by atoms with Gasteiger partial charge in [0.15, 0.2) is 11.5 Å². The minimum Gasteiger partial charge on any atom is -0.493 e. The number of aliphatic hydroxyl groups is 1. The Morgan fingerprint density at radius 2 is 2.00 bits per heavy atom. The minimum absolute atomic E-state index is 0.193. The molecule has 0 saturated carbocycles. The van der Waals surface area contributed by atoms with Crippen molar-refractivity contribution in [3.8, 4) is 17.2 Å². The van der Waals surface area contributed by atoms with Crippen LogP contribution in [-0.2, 0) is 17.9 Å². The van der Waals surface area contributed by atoms with E-state index in [1.54, 1.807) is 7.11 Å². The number of ether oxygens (including phenoxy) is 3. The van der Waals surface area contributed by atoms with E-state index in [1.165, 1.54) is 0 Å². The Bertz CT molecular complexity index is 825. The van der Waals surface area contributed by atoms with Crippen molar-refractivity contribution < 1.29 is 24.2 Å². The molecule has 1 saturated heterocycles. The summed E-state index contributed by atoms with van der Waals surface area (Å²) in [4.78, 5) is 7.77. The molecule has 0 aromatic heterocycles. The van der Waals surface area contributed by atoms with E-state index in [-0.39, 0.29) is 6.61 Å². The van der Waals surface area contributed by atoms with Gasteiger partial charge in [0.1, 0.15) is 25.1 Å².